The van der Waals surface area contributed by atoms with Crippen LogP contribution in [0.2, 0.25) is 0 Å². The van der Waals surface area contributed by atoms with Crippen LogP contribution in [0.5, 0.6) is 0 Å². The summed E-state index contributed by atoms with van der Waals surface area (Å²) in [6.07, 6.45) is 20.5. The molecule has 0 amide bonds. The van der Waals surface area contributed by atoms with Crippen LogP contribution in [0.4, 0.5) is 0 Å². The lowest BCUT2D eigenvalue weighted by atomic mass is 9.53. The van der Waals surface area contributed by atoms with Gasteiger partial charge in [0.2, 0.25) is 0 Å². The number of allylic oxidation sites excluding steroid dienone is 6. The lowest BCUT2D eigenvalue weighted by molar-refractivity contribution is -0.131. The third-order valence-electron chi connectivity index (χ3n) is 17.7. The van der Waals surface area contributed by atoms with Crippen molar-refractivity contribution in [2.24, 2.45) is 62.1 Å². The van der Waals surface area contributed by atoms with Gasteiger partial charge in [-0.15, -0.1) is 0 Å². The predicted octanol–water partition coefficient (Wildman–Crippen LogP) is 16.0. The van der Waals surface area contributed by atoms with Gasteiger partial charge in [0.05, 0.1) is 0 Å². The number of carbonyl (C=O) groups is 3. The Labute approximate surface area is 430 Å². The van der Waals surface area contributed by atoms with E-state index < -0.39 is 0 Å². The lowest BCUT2D eigenvalue weighted by Crippen LogP contribution is -2.44. The van der Waals surface area contributed by atoms with Crippen molar-refractivity contribution in [2.45, 2.75) is 201 Å². The zero-order valence-corrected chi connectivity index (χ0v) is 45.5. The zero-order chi connectivity index (χ0) is 50.4. The second-order valence-electron chi connectivity index (χ2n) is 23.3. The van der Waals surface area contributed by atoms with Crippen LogP contribution >= 0.6 is 0 Å². The number of Topliss-reactive ketones (excluding diaryl/α,β-unsaturated/α-hetero) is 3. The van der Waals surface area contributed by atoms with Crippen LogP contribution in [0.3, 0.4) is 0 Å². The first-order valence-electron chi connectivity index (χ1n) is 25.2. The summed E-state index contributed by atoms with van der Waals surface area (Å²) in [6, 6.07) is 0. The van der Waals surface area contributed by atoms with Crippen LogP contribution < -0.4 is 0 Å². The molecule has 6 rings (SSSR count). The van der Waals surface area contributed by atoms with E-state index in [9.17, 15) is 14.4 Å². The summed E-state index contributed by atoms with van der Waals surface area (Å²) in [5.74, 6) is 39.4. The van der Waals surface area contributed by atoms with E-state index in [1.165, 1.54) is 51.4 Å². The molecule has 0 heterocycles. The van der Waals surface area contributed by atoms with Crippen molar-refractivity contribution in [3.05, 3.63) is 34.4 Å². The summed E-state index contributed by atoms with van der Waals surface area (Å²) >= 11 is 0. The van der Waals surface area contributed by atoms with Gasteiger partial charge in [-0.2, -0.15) is 0 Å². The fraction of sp³-hybridized carbons (Fsp3) is 0.641. The normalized spacial score (nSPS) is 30.3. The van der Waals surface area contributed by atoms with Crippen LogP contribution in [0.1, 0.15) is 215 Å². The smallest absolute Gasteiger partial charge is 0.136 e. The number of rotatable bonds is 3. The van der Waals surface area contributed by atoms with E-state index in [1.807, 2.05) is 0 Å². The summed E-state index contributed by atoms with van der Waals surface area (Å²) in [7, 11) is 0. The molecule has 8 unspecified atom stereocenters. The van der Waals surface area contributed by atoms with Crippen molar-refractivity contribution in [2.75, 3.05) is 0 Å². The number of hydrogen-bond acceptors (Lipinski definition) is 3. The van der Waals surface area contributed by atoms with E-state index in [0.29, 0.717) is 63.2 Å². The summed E-state index contributed by atoms with van der Waals surface area (Å²) < 4.78 is 0. The quantitative estimate of drug-likeness (QED) is 0.209. The Hall–Kier alpha value is -4.89. The first-order chi connectivity index (χ1) is 31.2. The number of fused-ring (bicyclic) bond motifs is 2. The topological polar surface area (TPSA) is 82.7 Å². The van der Waals surface area contributed by atoms with E-state index in [1.54, 1.807) is 56.9 Å². The monoisotopic (exact) mass is 939 g/mol. The van der Waals surface area contributed by atoms with E-state index in [-0.39, 0.29) is 36.0 Å². The molecule has 6 aliphatic rings. The highest BCUT2D eigenvalue weighted by Gasteiger charge is 2.50. The third kappa shape index (κ3) is 14.8. The molecule has 0 radical (unpaired) electrons. The van der Waals surface area contributed by atoms with Crippen molar-refractivity contribution in [1.82, 2.24) is 0 Å². The molecule has 0 aromatic rings. The Balaban J connectivity index is -0.000000111. The van der Waals surface area contributed by atoms with Crippen molar-refractivity contribution in [3.63, 3.8) is 0 Å². The van der Waals surface area contributed by atoms with Gasteiger partial charge >= 0.3 is 0 Å². The summed E-state index contributed by atoms with van der Waals surface area (Å²) in [6.45, 7) is 36.2. The average molecular weight is 940 g/mol. The summed E-state index contributed by atoms with van der Waals surface area (Å²) in [5.41, 5.74) is 7.27. The van der Waals surface area contributed by atoms with Gasteiger partial charge in [0.1, 0.15) is 17.3 Å². The zero-order valence-electron chi connectivity index (χ0n) is 45.5. The second-order valence-corrected chi connectivity index (χ2v) is 23.3. The first kappa shape index (κ1) is 59.2. The maximum Gasteiger partial charge on any atom is 0.136 e. The average Bonchev–Trinajstić information content (AvgIpc) is 3.24. The number of ketones is 3. The van der Waals surface area contributed by atoms with Crippen LogP contribution in [0.25, 0.3) is 0 Å². The van der Waals surface area contributed by atoms with Crippen LogP contribution in [0, 0.1) is 145 Å². The van der Waals surface area contributed by atoms with Gasteiger partial charge in [0.25, 0.3) is 0 Å². The molecule has 0 bridgehead atoms. The molecule has 0 spiro atoms. The Morgan fingerprint density at radius 3 is 1.46 bits per heavy atom. The van der Waals surface area contributed by atoms with E-state index in [4.69, 9.17) is 0 Å². The van der Waals surface area contributed by atoms with Gasteiger partial charge in [-0.3, -0.25) is 14.4 Å². The van der Waals surface area contributed by atoms with Gasteiger partial charge in [0, 0.05) is 30.5 Å². The van der Waals surface area contributed by atoms with Gasteiger partial charge in [-0.05, 0) is 235 Å². The SMILES string of the molecule is CC#CC#CC#CC#CC#CC#CC#CC.CC(=O)C1(C)CC2=C(CCCC2(C)C)CC1C.CC(=O)C1(C)CC2C(=CC1C)CCCC2(C)C.CC(=O)C1(C)CC2C(=CCCC2(C)C)CC1C.O.[HH].[HH].[HH].[HH].[HH].[HH].[HH].[HH].[HH].[HH]. The van der Waals surface area contributed by atoms with Crippen molar-refractivity contribution in [3.8, 4) is 82.9 Å². The molecule has 0 saturated heterocycles. The molecule has 2 saturated carbocycles. The highest BCUT2D eigenvalue weighted by Crippen LogP contribution is 2.57. The molecule has 2 N–H and O–H groups in total. The molecule has 4 heteroatoms. The second kappa shape index (κ2) is 25.1. The number of carbonyl (C=O) groups excluding carboxylic acids is 3. The van der Waals surface area contributed by atoms with Crippen LogP contribution in [0.15, 0.2) is 34.4 Å². The fourth-order valence-corrected chi connectivity index (χ4v) is 11.7. The Kier molecular flexibility index (Phi) is 21.9. The highest BCUT2D eigenvalue weighted by atomic mass is 16.1. The molecular weight excluding hydrogens is 833 g/mol. The van der Waals surface area contributed by atoms with E-state index >= 15 is 0 Å². The van der Waals surface area contributed by atoms with E-state index in [0.717, 1.165) is 32.1 Å². The van der Waals surface area contributed by atoms with Crippen molar-refractivity contribution in [1.29, 1.82) is 0 Å². The standard InChI is InChI=1S/3C16H26O.C16H6.H2O.10H2/c3*1-11-9-13-7-6-8-15(3,4)14(13)10-16(11,5)12(2)17;1-3-5-7-9-11-13-15-16-14-12-10-8-6-4-2;;;;;;;;;;;/h11H,6-10H2,1-5H3;9,11,14H,6-8,10H2,1-5H3;7,11,14H,6,8-10H2,1-5H3;1-2H3;1H2;10*1H. The Bertz CT molecular complexity index is 2400. The molecule has 0 aliphatic heterocycles. The van der Waals surface area contributed by atoms with Gasteiger partial charge in [0.15, 0.2) is 0 Å². The predicted molar refractivity (Wildman–Crippen MR) is 306 cm³/mol. The van der Waals surface area contributed by atoms with Gasteiger partial charge in [-0.1, -0.05) is 129 Å². The summed E-state index contributed by atoms with van der Waals surface area (Å²) in [4.78, 5) is 36.0. The molecule has 4 nitrogen and oxygen atoms in total. The molecule has 0 aromatic heterocycles. The summed E-state index contributed by atoms with van der Waals surface area (Å²) in [5, 5.41) is 0. The minimum absolute atomic E-state index is 0. The molecular formula is C64H106O4. The van der Waals surface area contributed by atoms with E-state index in [2.05, 4.69) is 178 Å². The van der Waals surface area contributed by atoms with Crippen molar-refractivity contribution < 1.29 is 34.1 Å². The lowest BCUT2D eigenvalue weighted by Gasteiger charge is -2.50. The Morgan fingerprint density at radius 1 is 0.544 bits per heavy atom. The largest absolute Gasteiger partial charge is 0.412 e. The molecule has 386 valence electrons. The fourth-order valence-electron chi connectivity index (χ4n) is 11.7. The van der Waals surface area contributed by atoms with Crippen molar-refractivity contribution >= 4 is 17.3 Å². The van der Waals surface area contributed by atoms with Crippen LogP contribution in [-0.4, -0.2) is 22.8 Å². The van der Waals surface area contributed by atoms with Gasteiger partial charge < -0.3 is 5.48 Å². The van der Waals surface area contributed by atoms with Crippen LogP contribution in [-0.2, 0) is 14.4 Å². The molecule has 6 aliphatic carbocycles. The molecule has 8 atom stereocenters. The van der Waals surface area contributed by atoms with Gasteiger partial charge in [-0.25, -0.2) is 0 Å². The molecule has 0 aromatic carbocycles. The molecule has 2 fully saturated rings. The minimum Gasteiger partial charge on any atom is -0.412 e. The highest BCUT2D eigenvalue weighted by molar-refractivity contribution is 5.84. The first-order valence-corrected chi connectivity index (χ1v) is 25.2. The molecule has 68 heavy (non-hydrogen) atoms. The maximum absolute atomic E-state index is 12.0. The number of hydrogen-bond donors (Lipinski definition) is 0. The Morgan fingerprint density at radius 2 is 0.971 bits per heavy atom. The maximum atomic E-state index is 12.0. The minimum atomic E-state index is -0.136. The third-order valence-corrected chi connectivity index (χ3v) is 17.7.